The van der Waals surface area contributed by atoms with Gasteiger partial charge in [0.1, 0.15) is 17.6 Å². The lowest BCUT2D eigenvalue weighted by molar-refractivity contribution is -0.119. The van der Waals surface area contributed by atoms with Crippen LogP contribution in [0.15, 0.2) is 41.5 Å². The molecule has 2 amide bonds. The zero-order valence-electron chi connectivity index (χ0n) is 18.9. The molecule has 2 atom stereocenters. The van der Waals surface area contributed by atoms with Gasteiger partial charge in [0.15, 0.2) is 9.84 Å². The predicted octanol–water partition coefficient (Wildman–Crippen LogP) is 1.60. The number of amides is 2. The Morgan fingerprint density at radius 2 is 1.88 bits per heavy atom. The lowest BCUT2D eigenvalue weighted by Gasteiger charge is -2.20. The van der Waals surface area contributed by atoms with Gasteiger partial charge in [-0.05, 0) is 18.6 Å². The Balaban J connectivity index is 1.63. The van der Waals surface area contributed by atoms with E-state index in [0.717, 1.165) is 5.69 Å². The molecular weight excluding hydrogens is 444 g/mol. The number of para-hydroxylation sites is 1. The summed E-state index contributed by atoms with van der Waals surface area (Å²) in [5, 5.41) is 13.3. The Bertz CT molecular complexity index is 1210. The molecule has 1 aromatic carbocycles. The van der Waals surface area contributed by atoms with Crippen LogP contribution in [0.2, 0.25) is 0 Å². The highest BCUT2D eigenvalue weighted by molar-refractivity contribution is 7.91. The molecule has 176 valence electrons. The normalized spacial score (nSPS) is 22.3. The first-order chi connectivity index (χ1) is 15.4. The molecule has 2 aliphatic rings. The summed E-state index contributed by atoms with van der Waals surface area (Å²) < 4.78 is 25.7. The SMILES string of the molecule is CC(C)(C)c1cc(NC(=O)C2=NN(c3ccccc3)C(C(N)=O)C2)n(C2CCS(=O)(=O)C2)n1. The van der Waals surface area contributed by atoms with Gasteiger partial charge in [0.05, 0.1) is 28.9 Å². The van der Waals surface area contributed by atoms with E-state index < -0.39 is 27.7 Å². The summed E-state index contributed by atoms with van der Waals surface area (Å²) in [6.07, 6.45) is 0.497. The van der Waals surface area contributed by atoms with Crippen molar-refractivity contribution in [2.75, 3.05) is 21.8 Å². The summed E-state index contributed by atoms with van der Waals surface area (Å²) >= 11 is 0. The van der Waals surface area contributed by atoms with Gasteiger partial charge in [-0.2, -0.15) is 10.2 Å². The Morgan fingerprint density at radius 1 is 1.18 bits per heavy atom. The Kier molecular flexibility index (Phi) is 5.77. The number of primary amides is 1. The summed E-state index contributed by atoms with van der Waals surface area (Å²) in [5.41, 5.74) is 6.81. The molecule has 0 aliphatic carbocycles. The molecule has 0 saturated carbocycles. The Hall–Kier alpha value is -3.21. The van der Waals surface area contributed by atoms with Crippen molar-refractivity contribution in [2.45, 2.75) is 51.1 Å². The van der Waals surface area contributed by atoms with Gasteiger partial charge in [0.25, 0.3) is 5.91 Å². The fourth-order valence-electron chi connectivity index (χ4n) is 3.98. The summed E-state index contributed by atoms with van der Waals surface area (Å²) in [6, 6.07) is 9.66. The minimum atomic E-state index is -3.14. The monoisotopic (exact) mass is 472 g/mol. The first-order valence-corrected chi connectivity index (χ1v) is 12.6. The third kappa shape index (κ3) is 4.77. The molecule has 4 rings (SSSR count). The van der Waals surface area contributed by atoms with E-state index in [1.54, 1.807) is 22.9 Å². The first-order valence-electron chi connectivity index (χ1n) is 10.8. The largest absolute Gasteiger partial charge is 0.368 e. The van der Waals surface area contributed by atoms with E-state index in [1.165, 1.54) is 5.01 Å². The van der Waals surface area contributed by atoms with Crippen LogP contribution in [0.25, 0.3) is 0 Å². The van der Waals surface area contributed by atoms with Crippen LogP contribution < -0.4 is 16.1 Å². The summed E-state index contributed by atoms with van der Waals surface area (Å²) in [5.74, 6) is -0.588. The molecule has 0 spiro atoms. The maximum atomic E-state index is 13.1. The Morgan fingerprint density at radius 3 is 2.45 bits per heavy atom. The van der Waals surface area contributed by atoms with Crippen LogP contribution in [0, 0.1) is 0 Å². The number of nitrogens with one attached hydrogen (secondary N) is 1. The molecule has 2 aromatic rings. The zero-order valence-corrected chi connectivity index (χ0v) is 19.7. The molecule has 1 saturated heterocycles. The summed E-state index contributed by atoms with van der Waals surface area (Å²) in [4.78, 5) is 25.2. The van der Waals surface area contributed by atoms with E-state index >= 15 is 0 Å². The van der Waals surface area contributed by atoms with Crippen LogP contribution in [0.5, 0.6) is 0 Å². The van der Waals surface area contributed by atoms with Gasteiger partial charge in [-0.15, -0.1) is 0 Å². The number of carbonyl (C=O) groups is 2. The van der Waals surface area contributed by atoms with E-state index in [1.807, 2.05) is 39.0 Å². The van der Waals surface area contributed by atoms with Crippen LogP contribution in [0.3, 0.4) is 0 Å². The number of rotatable bonds is 5. The number of aromatic nitrogens is 2. The molecule has 11 heteroatoms. The molecular formula is C22H28N6O4S. The van der Waals surface area contributed by atoms with Crippen LogP contribution in [0.1, 0.15) is 45.3 Å². The summed E-state index contributed by atoms with van der Waals surface area (Å²) in [6.45, 7) is 5.98. The minimum Gasteiger partial charge on any atom is -0.368 e. The van der Waals surface area contributed by atoms with Crippen LogP contribution in [-0.4, -0.2) is 53.3 Å². The fourth-order valence-corrected chi connectivity index (χ4v) is 5.67. The lowest BCUT2D eigenvalue weighted by atomic mass is 9.92. The molecule has 1 fully saturated rings. The van der Waals surface area contributed by atoms with Gasteiger partial charge in [0.2, 0.25) is 5.91 Å². The van der Waals surface area contributed by atoms with E-state index in [2.05, 4.69) is 15.5 Å². The molecule has 2 aliphatic heterocycles. The van der Waals surface area contributed by atoms with Gasteiger partial charge in [-0.3, -0.25) is 14.6 Å². The van der Waals surface area contributed by atoms with Crippen LogP contribution >= 0.6 is 0 Å². The third-order valence-electron chi connectivity index (χ3n) is 5.82. The maximum absolute atomic E-state index is 13.1. The van der Waals surface area contributed by atoms with Gasteiger partial charge in [-0.25, -0.2) is 13.1 Å². The van der Waals surface area contributed by atoms with E-state index in [4.69, 9.17) is 5.73 Å². The molecule has 10 nitrogen and oxygen atoms in total. The van der Waals surface area contributed by atoms with Crippen LogP contribution in [0.4, 0.5) is 11.5 Å². The van der Waals surface area contributed by atoms with Crippen molar-refractivity contribution < 1.29 is 18.0 Å². The molecule has 0 radical (unpaired) electrons. The quantitative estimate of drug-likeness (QED) is 0.677. The number of hydrogen-bond acceptors (Lipinski definition) is 7. The zero-order chi connectivity index (χ0) is 24.0. The third-order valence-corrected chi connectivity index (χ3v) is 7.57. The lowest BCUT2D eigenvalue weighted by Crippen LogP contribution is -2.39. The smallest absolute Gasteiger partial charge is 0.273 e. The van der Waals surface area contributed by atoms with Gasteiger partial charge < -0.3 is 11.1 Å². The number of anilines is 2. The molecule has 3 heterocycles. The van der Waals surface area contributed by atoms with Gasteiger partial charge in [0, 0.05) is 17.9 Å². The number of hydrogen-bond donors (Lipinski definition) is 2. The van der Waals surface area contributed by atoms with Crippen LogP contribution in [-0.2, 0) is 24.8 Å². The van der Waals surface area contributed by atoms with Crippen molar-refractivity contribution in [1.82, 2.24) is 9.78 Å². The summed E-state index contributed by atoms with van der Waals surface area (Å²) in [7, 11) is -3.14. The van der Waals surface area contributed by atoms with Crippen molar-refractivity contribution in [3.05, 3.63) is 42.1 Å². The molecule has 3 N–H and O–H groups in total. The second-order valence-corrected chi connectivity index (χ2v) is 11.7. The average Bonchev–Trinajstić information content (AvgIpc) is 3.44. The molecule has 33 heavy (non-hydrogen) atoms. The van der Waals surface area contributed by atoms with Gasteiger partial charge in [-0.1, -0.05) is 39.0 Å². The topological polar surface area (TPSA) is 140 Å². The number of benzene rings is 1. The molecule has 2 unspecified atom stereocenters. The second kappa shape index (κ2) is 8.29. The highest BCUT2D eigenvalue weighted by Gasteiger charge is 2.37. The number of hydrazone groups is 1. The fraction of sp³-hybridized carbons (Fsp3) is 0.455. The van der Waals surface area contributed by atoms with E-state index in [0.29, 0.717) is 17.9 Å². The Labute approximate surface area is 192 Å². The van der Waals surface area contributed by atoms with Gasteiger partial charge >= 0.3 is 0 Å². The van der Waals surface area contributed by atoms with Crippen molar-refractivity contribution in [3.8, 4) is 0 Å². The maximum Gasteiger partial charge on any atom is 0.273 e. The number of carbonyl (C=O) groups excluding carboxylic acids is 2. The highest BCUT2D eigenvalue weighted by Crippen LogP contribution is 2.31. The molecule has 1 aromatic heterocycles. The van der Waals surface area contributed by atoms with E-state index in [-0.39, 0.29) is 35.1 Å². The standard InChI is InChI=1S/C22H28N6O4S/c1-22(2,3)18-12-19(28(26-18)15-9-10-33(31,32)13-15)24-21(30)16-11-17(20(23)29)27(25-16)14-7-5-4-6-8-14/h4-8,12,15,17H,9-11,13H2,1-3H3,(H2,23,29)(H,24,30). The second-order valence-electron chi connectivity index (χ2n) is 9.47. The van der Waals surface area contributed by atoms with Crippen molar-refractivity contribution in [1.29, 1.82) is 0 Å². The van der Waals surface area contributed by atoms with E-state index in [9.17, 15) is 18.0 Å². The number of nitrogens with two attached hydrogens (primary N) is 1. The first kappa shape index (κ1) is 23.0. The van der Waals surface area contributed by atoms with Crippen molar-refractivity contribution in [3.63, 3.8) is 0 Å². The minimum absolute atomic E-state index is 0.0202. The van der Waals surface area contributed by atoms with Crippen molar-refractivity contribution >= 4 is 38.9 Å². The number of sulfone groups is 1. The average molecular weight is 473 g/mol. The van der Waals surface area contributed by atoms with Crippen molar-refractivity contribution in [2.24, 2.45) is 10.8 Å². The predicted molar refractivity (Wildman–Crippen MR) is 126 cm³/mol. The highest BCUT2D eigenvalue weighted by atomic mass is 32.2. The number of nitrogens with zero attached hydrogens (tertiary/aromatic N) is 4. The molecule has 0 bridgehead atoms.